The van der Waals surface area contributed by atoms with E-state index in [0.29, 0.717) is 17.9 Å². The highest BCUT2D eigenvalue weighted by molar-refractivity contribution is 7.86. The molecular weight excluding hydrogens is 396 g/mol. The molecule has 5 rings (SSSR count). The Morgan fingerprint density at radius 3 is 2.77 bits per heavy atom. The molecule has 6 heteroatoms. The topological polar surface area (TPSA) is 62.4 Å². The van der Waals surface area contributed by atoms with Gasteiger partial charge in [0.05, 0.1) is 11.5 Å². The fourth-order valence-corrected chi connectivity index (χ4v) is 6.28. The monoisotopic (exact) mass is 424 g/mol. The number of likely N-dealkylation sites (N-methyl/N-ethyl adjacent to an activating group) is 1. The van der Waals surface area contributed by atoms with Gasteiger partial charge in [0.15, 0.2) is 0 Å². The number of H-pyrrole nitrogens is 1. The van der Waals surface area contributed by atoms with E-state index < -0.39 is 10.1 Å². The minimum Gasteiger partial charge on any atom is -0.361 e. The zero-order valence-electron chi connectivity index (χ0n) is 17.5. The summed E-state index contributed by atoms with van der Waals surface area (Å²) in [6.45, 7) is 3.14. The van der Waals surface area contributed by atoms with Crippen molar-refractivity contribution < 1.29 is 12.6 Å². The van der Waals surface area contributed by atoms with Crippen molar-refractivity contribution in [2.75, 3.05) is 20.2 Å². The molecule has 0 saturated carbocycles. The number of piperidine rings is 1. The molecule has 0 radical (unpaired) electrons. The van der Waals surface area contributed by atoms with Crippen molar-refractivity contribution in [3.8, 4) is 0 Å². The van der Waals surface area contributed by atoms with Crippen LogP contribution in [0.1, 0.15) is 35.4 Å². The SMILES string of the molecule is Cc1ccc(S(=O)(=O)OCC[C@@H]2C[C@@H]3c4cccc5[nH]cc(c45)C[C@H]3N(C)C2)cc1. The van der Waals surface area contributed by atoms with Crippen LogP contribution in [0.2, 0.25) is 0 Å². The Kier molecular flexibility index (Phi) is 4.96. The molecule has 0 spiro atoms. The molecule has 0 amide bonds. The first-order valence-electron chi connectivity index (χ1n) is 10.7. The third kappa shape index (κ3) is 3.47. The smallest absolute Gasteiger partial charge is 0.296 e. The summed E-state index contributed by atoms with van der Waals surface area (Å²) >= 11 is 0. The van der Waals surface area contributed by atoms with Crippen molar-refractivity contribution in [2.24, 2.45) is 5.92 Å². The molecule has 2 aliphatic rings. The van der Waals surface area contributed by atoms with Crippen molar-refractivity contribution in [1.29, 1.82) is 0 Å². The van der Waals surface area contributed by atoms with Gasteiger partial charge in [-0.2, -0.15) is 8.42 Å². The normalized spacial score (nSPS) is 24.1. The summed E-state index contributed by atoms with van der Waals surface area (Å²) in [4.78, 5) is 6.11. The van der Waals surface area contributed by atoms with Gasteiger partial charge in [0.25, 0.3) is 10.1 Å². The minimum atomic E-state index is -3.70. The zero-order valence-corrected chi connectivity index (χ0v) is 18.3. The summed E-state index contributed by atoms with van der Waals surface area (Å²) in [6, 6.07) is 13.9. The highest BCUT2D eigenvalue weighted by atomic mass is 32.2. The Morgan fingerprint density at radius 2 is 1.97 bits per heavy atom. The third-order valence-corrected chi connectivity index (χ3v) is 8.21. The lowest BCUT2D eigenvalue weighted by atomic mass is 9.72. The molecule has 1 fully saturated rings. The van der Waals surface area contributed by atoms with E-state index in [1.807, 2.05) is 6.92 Å². The standard InChI is InChI=1S/C24H28N2O3S/c1-16-6-8-19(9-7-16)30(27,28)29-11-10-17-12-21-20-4-3-5-22-24(20)18(14-25-22)13-23(21)26(2)15-17/h3-9,14,17,21,23,25H,10-13,15H2,1-2H3/t17-,21-,23-/m1/s1. The van der Waals surface area contributed by atoms with E-state index in [9.17, 15) is 8.42 Å². The van der Waals surface area contributed by atoms with Gasteiger partial charge in [0.1, 0.15) is 0 Å². The van der Waals surface area contributed by atoms with Crippen LogP contribution in [0.25, 0.3) is 10.9 Å². The van der Waals surface area contributed by atoms with Crippen LogP contribution in [0.15, 0.2) is 53.6 Å². The van der Waals surface area contributed by atoms with Gasteiger partial charge in [0.2, 0.25) is 0 Å². The number of aryl methyl sites for hydroxylation is 1. The predicted octanol–water partition coefficient (Wildman–Crippen LogP) is 4.23. The molecule has 3 atom stereocenters. The van der Waals surface area contributed by atoms with Gasteiger partial charge in [-0.1, -0.05) is 29.8 Å². The molecule has 3 aromatic rings. The molecule has 2 aromatic carbocycles. The summed E-state index contributed by atoms with van der Waals surface area (Å²) in [6.07, 6.45) is 5.05. The molecule has 1 saturated heterocycles. The van der Waals surface area contributed by atoms with E-state index in [1.165, 1.54) is 22.0 Å². The Bertz CT molecular complexity index is 1170. The van der Waals surface area contributed by atoms with Crippen LogP contribution >= 0.6 is 0 Å². The maximum Gasteiger partial charge on any atom is 0.296 e. The van der Waals surface area contributed by atoms with Gasteiger partial charge in [-0.3, -0.25) is 4.18 Å². The third-order valence-electron chi connectivity index (χ3n) is 6.89. The molecule has 5 nitrogen and oxygen atoms in total. The number of fused-ring (bicyclic) bond motifs is 2. The number of aromatic amines is 1. The maximum absolute atomic E-state index is 12.5. The molecule has 0 unspecified atom stereocenters. The molecular formula is C24H28N2O3S. The molecule has 158 valence electrons. The van der Waals surface area contributed by atoms with Gasteiger partial charge in [0, 0.05) is 35.6 Å². The summed E-state index contributed by atoms with van der Waals surface area (Å²) in [5.41, 5.74) is 5.10. The lowest BCUT2D eigenvalue weighted by Gasteiger charge is -2.45. The quantitative estimate of drug-likeness (QED) is 0.623. The van der Waals surface area contributed by atoms with E-state index in [4.69, 9.17) is 4.18 Å². The lowest BCUT2D eigenvalue weighted by molar-refractivity contribution is 0.0996. The second kappa shape index (κ2) is 7.52. The molecule has 30 heavy (non-hydrogen) atoms. The van der Waals surface area contributed by atoms with Crippen molar-refractivity contribution >= 4 is 21.0 Å². The highest BCUT2D eigenvalue weighted by Gasteiger charge is 2.39. The van der Waals surface area contributed by atoms with Crippen LogP contribution < -0.4 is 0 Å². The van der Waals surface area contributed by atoms with Gasteiger partial charge >= 0.3 is 0 Å². The minimum absolute atomic E-state index is 0.228. The number of benzene rings is 2. The zero-order chi connectivity index (χ0) is 20.9. The number of rotatable bonds is 5. The molecule has 1 aromatic heterocycles. The number of aromatic nitrogens is 1. The van der Waals surface area contributed by atoms with Crippen LogP contribution in [-0.2, 0) is 20.7 Å². The van der Waals surface area contributed by atoms with Crippen molar-refractivity contribution in [3.05, 3.63) is 65.4 Å². The fourth-order valence-electron chi connectivity index (χ4n) is 5.36. The molecule has 1 aliphatic heterocycles. The Balaban J connectivity index is 1.28. The number of hydrogen-bond acceptors (Lipinski definition) is 4. The average Bonchev–Trinajstić information content (AvgIpc) is 3.14. The van der Waals surface area contributed by atoms with E-state index in [1.54, 1.807) is 24.3 Å². The second-order valence-electron chi connectivity index (χ2n) is 8.88. The second-order valence-corrected chi connectivity index (χ2v) is 10.5. The number of nitrogens with zero attached hydrogens (tertiary/aromatic N) is 1. The molecule has 1 aliphatic carbocycles. The maximum atomic E-state index is 12.5. The van der Waals surface area contributed by atoms with Crippen molar-refractivity contribution in [3.63, 3.8) is 0 Å². The lowest BCUT2D eigenvalue weighted by Crippen LogP contribution is -2.48. The van der Waals surface area contributed by atoms with E-state index in [0.717, 1.165) is 31.4 Å². The van der Waals surface area contributed by atoms with Crippen molar-refractivity contribution in [1.82, 2.24) is 9.88 Å². The van der Waals surface area contributed by atoms with Gasteiger partial charge in [-0.15, -0.1) is 0 Å². The Hall–Kier alpha value is -2.15. The van der Waals surface area contributed by atoms with E-state index >= 15 is 0 Å². The summed E-state index contributed by atoms with van der Waals surface area (Å²) in [5, 5.41) is 1.39. The summed E-state index contributed by atoms with van der Waals surface area (Å²) < 4.78 is 30.3. The van der Waals surface area contributed by atoms with Crippen LogP contribution in [0.5, 0.6) is 0 Å². The molecule has 0 bridgehead atoms. The van der Waals surface area contributed by atoms with Gasteiger partial charge in [-0.25, -0.2) is 0 Å². The fraction of sp³-hybridized carbons (Fsp3) is 0.417. The van der Waals surface area contributed by atoms with E-state index in [2.05, 4.69) is 41.3 Å². The van der Waals surface area contributed by atoms with Crippen LogP contribution in [-0.4, -0.2) is 44.5 Å². The molecule has 2 heterocycles. The van der Waals surface area contributed by atoms with Gasteiger partial charge in [-0.05, 0) is 68.5 Å². The highest BCUT2D eigenvalue weighted by Crippen LogP contribution is 2.44. The van der Waals surface area contributed by atoms with Crippen LogP contribution in [0.4, 0.5) is 0 Å². The average molecular weight is 425 g/mol. The van der Waals surface area contributed by atoms with Crippen molar-refractivity contribution in [2.45, 2.75) is 43.0 Å². The predicted molar refractivity (Wildman–Crippen MR) is 118 cm³/mol. The first-order chi connectivity index (χ1) is 14.4. The molecule has 1 N–H and O–H groups in total. The van der Waals surface area contributed by atoms with Gasteiger partial charge < -0.3 is 9.88 Å². The first kappa shape index (κ1) is 19.8. The van der Waals surface area contributed by atoms with Crippen LogP contribution in [0, 0.1) is 12.8 Å². The number of nitrogens with one attached hydrogen (secondary N) is 1. The number of hydrogen-bond donors (Lipinski definition) is 1. The Morgan fingerprint density at radius 1 is 1.17 bits per heavy atom. The largest absolute Gasteiger partial charge is 0.361 e. The summed E-state index contributed by atoms with van der Waals surface area (Å²) in [7, 11) is -1.50. The first-order valence-corrected chi connectivity index (χ1v) is 12.1. The van der Waals surface area contributed by atoms with Crippen LogP contribution in [0.3, 0.4) is 0 Å². The Labute approximate surface area is 178 Å². The van der Waals surface area contributed by atoms with E-state index in [-0.39, 0.29) is 11.5 Å². The summed E-state index contributed by atoms with van der Waals surface area (Å²) in [5.74, 6) is 0.898. The number of likely N-dealkylation sites (tertiary alicyclic amines) is 1.